The van der Waals surface area contributed by atoms with E-state index in [1.54, 1.807) is 0 Å². The maximum absolute atomic E-state index is 14.3. The molecule has 4 saturated heterocycles. The summed E-state index contributed by atoms with van der Waals surface area (Å²) in [6.07, 6.45) is 14.6. The summed E-state index contributed by atoms with van der Waals surface area (Å²) in [6, 6.07) is 8.64. The fourth-order valence-corrected chi connectivity index (χ4v) is 11.7. The number of carbonyl (C=O) groups excluding carboxylic acids is 2. The van der Waals surface area contributed by atoms with Crippen LogP contribution in [0.2, 0.25) is 0 Å². The smallest absolute Gasteiger partial charge is 0.227 e. The summed E-state index contributed by atoms with van der Waals surface area (Å²) in [5.41, 5.74) is 2.74. The molecule has 7 rings (SSSR count). The molecule has 6 fully saturated rings. The number of nitrogens with one attached hydrogen (secondary N) is 2. The lowest BCUT2D eigenvalue weighted by atomic mass is 9.41. The van der Waals surface area contributed by atoms with Crippen molar-refractivity contribution in [2.45, 2.75) is 121 Å². The van der Waals surface area contributed by atoms with Gasteiger partial charge in [-0.1, -0.05) is 25.3 Å². The molecule has 7 atom stereocenters. The minimum atomic E-state index is -0.523. The number of quaternary nitrogens is 1. The highest BCUT2D eigenvalue weighted by atomic mass is 16.5. The number of ketones is 1. The molecule has 1 aromatic carbocycles. The van der Waals surface area contributed by atoms with Crippen LogP contribution in [0.4, 0.5) is 5.69 Å². The van der Waals surface area contributed by atoms with Gasteiger partial charge in [0.1, 0.15) is 17.5 Å². The fraction of sp³-hybridized carbons (Fsp3) is 0.778. The molecule has 2 aliphatic carbocycles. The van der Waals surface area contributed by atoms with Gasteiger partial charge in [-0.2, -0.15) is 0 Å². The predicted octanol–water partition coefficient (Wildman–Crippen LogP) is 5.72. The summed E-state index contributed by atoms with van der Waals surface area (Å²) >= 11 is 0. The van der Waals surface area contributed by atoms with E-state index in [2.05, 4.69) is 42.7 Å². The first-order valence-electron chi connectivity index (χ1n) is 17.5. The second-order valence-corrected chi connectivity index (χ2v) is 15.1. The van der Waals surface area contributed by atoms with Gasteiger partial charge in [-0.3, -0.25) is 14.1 Å². The number of hydrogen-bond acceptors (Lipinski definition) is 4. The molecule has 5 unspecified atom stereocenters. The Kier molecular flexibility index (Phi) is 7.59. The van der Waals surface area contributed by atoms with Crippen LogP contribution in [-0.4, -0.2) is 63.2 Å². The molecule has 6 heteroatoms. The molecule has 0 bridgehead atoms. The molecule has 6 aliphatic rings. The fourth-order valence-electron chi connectivity index (χ4n) is 11.7. The number of hydrogen-bond donors (Lipinski definition) is 2. The van der Waals surface area contributed by atoms with E-state index in [-0.39, 0.29) is 17.2 Å². The van der Waals surface area contributed by atoms with Crippen LogP contribution < -0.4 is 15.1 Å². The number of likely N-dealkylation sites (tertiary alicyclic amines) is 1. The van der Waals surface area contributed by atoms with Crippen molar-refractivity contribution in [2.75, 3.05) is 39.4 Å². The van der Waals surface area contributed by atoms with Gasteiger partial charge in [0.2, 0.25) is 5.91 Å². The van der Waals surface area contributed by atoms with Crippen molar-refractivity contribution in [3.63, 3.8) is 0 Å². The normalized spacial score (nSPS) is 42.8. The maximum atomic E-state index is 14.3. The van der Waals surface area contributed by atoms with Crippen molar-refractivity contribution in [1.29, 1.82) is 0 Å². The molecular weight excluding hydrogens is 522 g/mol. The summed E-state index contributed by atoms with van der Waals surface area (Å²) in [4.78, 5) is 28.5. The van der Waals surface area contributed by atoms with Gasteiger partial charge >= 0.3 is 0 Å². The van der Waals surface area contributed by atoms with Crippen molar-refractivity contribution in [2.24, 2.45) is 16.7 Å². The Morgan fingerprint density at radius 3 is 2.52 bits per heavy atom. The third kappa shape index (κ3) is 3.99. The molecule has 2 saturated carbocycles. The van der Waals surface area contributed by atoms with Crippen molar-refractivity contribution in [1.82, 2.24) is 15.1 Å². The molecule has 2 spiro atoms. The SMILES string of the molecule is Cc1cc([N+]2([C@@H]3CCNC3)CCC[C@@H]2C)ccc1C1(C2CCCCC23CCCCC3=O)COCCC12CCCNC2=O. The van der Waals surface area contributed by atoms with E-state index in [9.17, 15) is 9.59 Å². The Hall–Kier alpha value is -1.76. The molecule has 4 aliphatic heterocycles. The van der Waals surface area contributed by atoms with E-state index in [1.165, 1.54) is 42.6 Å². The van der Waals surface area contributed by atoms with Gasteiger partial charge in [0.05, 0.1) is 24.6 Å². The molecule has 42 heavy (non-hydrogen) atoms. The van der Waals surface area contributed by atoms with Crippen LogP contribution in [0.15, 0.2) is 18.2 Å². The zero-order chi connectivity index (χ0) is 29.0. The number of rotatable bonds is 4. The molecule has 0 radical (unpaired) electrons. The number of carbonyl (C=O) groups is 2. The first-order valence-corrected chi connectivity index (χ1v) is 17.5. The molecule has 2 N–H and O–H groups in total. The third-order valence-electron chi connectivity index (χ3n) is 13.6. The lowest BCUT2D eigenvalue weighted by molar-refractivity contribution is -0.176. The Morgan fingerprint density at radius 2 is 1.79 bits per heavy atom. The zero-order valence-corrected chi connectivity index (χ0v) is 26.3. The number of piperidine rings is 1. The van der Waals surface area contributed by atoms with Gasteiger partial charge in [0.15, 0.2) is 0 Å². The molecule has 4 heterocycles. The average molecular weight is 577 g/mol. The van der Waals surface area contributed by atoms with Gasteiger partial charge in [0.25, 0.3) is 0 Å². The predicted molar refractivity (Wildman–Crippen MR) is 167 cm³/mol. The summed E-state index contributed by atoms with van der Waals surface area (Å²) in [5, 5.41) is 7.01. The molecule has 6 nitrogen and oxygen atoms in total. The van der Waals surface area contributed by atoms with E-state index >= 15 is 0 Å². The highest BCUT2D eigenvalue weighted by Crippen LogP contribution is 2.65. The minimum Gasteiger partial charge on any atom is -0.380 e. The minimum absolute atomic E-state index is 0.146. The van der Waals surface area contributed by atoms with E-state index < -0.39 is 10.8 Å². The summed E-state index contributed by atoms with van der Waals surface area (Å²) in [6.45, 7) is 10.2. The zero-order valence-electron chi connectivity index (χ0n) is 26.3. The summed E-state index contributed by atoms with van der Waals surface area (Å²) < 4.78 is 7.63. The van der Waals surface area contributed by atoms with Crippen LogP contribution in [0.5, 0.6) is 0 Å². The highest BCUT2D eigenvalue weighted by molar-refractivity contribution is 5.89. The van der Waals surface area contributed by atoms with Gasteiger partial charge in [-0.15, -0.1) is 0 Å². The second kappa shape index (κ2) is 11.0. The van der Waals surface area contributed by atoms with Crippen LogP contribution >= 0.6 is 0 Å². The Balaban J connectivity index is 1.42. The average Bonchev–Trinajstić information content (AvgIpc) is 3.68. The van der Waals surface area contributed by atoms with Crippen molar-refractivity contribution in [3.05, 3.63) is 29.3 Å². The van der Waals surface area contributed by atoms with E-state index in [0.717, 1.165) is 88.3 Å². The Bertz CT molecular complexity index is 1200. The number of Topliss-reactive ketones (excluding diaryl/α,β-unsaturated/α-hetero) is 1. The molecule has 0 aromatic heterocycles. The largest absolute Gasteiger partial charge is 0.380 e. The first kappa shape index (κ1) is 29.0. The number of ether oxygens (including phenoxy) is 1. The van der Waals surface area contributed by atoms with Gasteiger partial charge in [-0.05, 0) is 81.9 Å². The second-order valence-electron chi connectivity index (χ2n) is 15.1. The lowest BCUT2D eigenvalue weighted by Gasteiger charge is -2.63. The maximum Gasteiger partial charge on any atom is 0.227 e. The van der Waals surface area contributed by atoms with E-state index in [4.69, 9.17) is 4.74 Å². The number of benzene rings is 1. The standard InChI is InChI=1S/C36H53N3O3/c1-26-23-28(39(21-7-9-27(39)2)29-14-20-37-24-29)12-13-30(26)36(25-42-22-18-35(36)17-8-19-38-33(35)41)31-10-3-5-15-34(31)16-6-4-11-32(34)40/h12-13,23,27,29,31,37H,3-11,14-22,24-25H2,1-2H3/p+1/t27-,29+,31?,34?,35?,36?,39?/m0/s1. The van der Waals surface area contributed by atoms with Crippen LogP contribution in [0.25, 0.3) is 0 Å². The number of aryl methyl sites for hydroxylation is 1. The topological polar surface area (TPSA) is 67.4 Å². The highest BCUT2D eigenvalue weighted by Gasteiger charge is 2.68. The molecule has 1 amide bonds. The molecule has 1 aromatic rings. The van der Waals surface area contributed by atoms with Crippen molar-refractivity contribution >= 4 is 17.4 Å². The lowest BCUT2D eigenvalue weighted by Crippen LogP contribution is -2.68. The number of amides is 1. The molecule has 230 valence electrons. The van der Waals surface area contributed by atoms with Gasteiger partial charge in [-0.25, -0.2) is 0 Å². The van der Waals surface area contributed by atoms with Crippen LogP contribution in [0.3, 0.4) is 0 Å². The van der Waals surface area contributed by atoms with Crippen molar-refractivity contribution in [3.8, 4) is 0 Å². The monoisotopic (exact) mass is 576 g/mol. The van der Waals surface area contributed by atoms with Crippen LogP contribution in [-0.2, 0) is 19.7 Å². The van der Waals surface area contributed by atoms with Crippen LogP contribution in [0.1, 0.15) is 108 Å². The summed E-state index contributed by atoms with van der Waals surface area (Å²) in [7, 11) is 0. The Morgan fingerprint density at radius 1 is 0.929 bits per heavy atom. The van der Waals surface area contributed by atoms with Crippen LogP contribution in [0, 0.1) is 23.7 Å². The van der Waals surface area contributed by atoms with E-state index in [0.29, 0.717) is 37.5 Å². The van der Waals surface area contributed by atoms with Gasteiger partial charge in [0, 0.05) is 68.8 Å². The van der Waals surface area contributed by atoms with Gasteiger partial charge < -0.3 is 15.4 Å². The summed E-state index contributed by atoms with van der Waals surface area (Å²) in [5.74, 6) is 0.847. The Labute approximate surface area is 253 Å². The third-order valence-corrected chi connectivity index (χ3v) is 13.6. The quantitative estimate of drug-likeness (QED) is 0.450. The number of nitrogens with zero attached hydrogens (tertiary/aromatic N) is 1. The first-order chi connectivity index (χ1) is 20.4. The van der Waals surface area contributed by atoms with E-state index in [1.807, 2.05) is 0 Å². The van der Waals surface area contributed by atoms with Crippen molar-refractivity contribution < 1.29 is 14.3 Å². The molecular formula is C36H54N3O3+.